The van der Waals surface area contributed by atoms with Crippen molar-refractivity contribution in [2.75, 3.05) is 12.4 Å². The molecule has 0 aliphatic carbocycles. The number of carbonyl (C=O) groups excluding carboxylic acids is 1. The fraction of sp³-hybridized carbons (Fsp3) is 0.0667. The van der Waals surface area contributed by atoms with Crippen LogP contribution in [0.2, 0.25) is 0 Å². The highest BCUT2D eigenvalue weighted by atomic mass is 32.2. The van der Waals surface area contributed by atoms with Crippen LogP contribution in [0.15, 0.2) is 51.8 Å². The molecule has 0 radical (unpaired) electrons. The molecule has 0 spiro atoms. The average Bonchev–Trinajstić information content (AvgIpc) is 2.85. The first-order valence-corrected chi connectivity index (χ1v) is 8.35. The molecule has 0 atom stereocenters. The monoisotopic (exact) mass is 361 g/mol. The van der Waals surface area contributed by atoms with Crippen LogP contribution in [0, 0.1) is 10.1 Å². The molecule has 25 heavy (non-hydrogen) atoms. The van der Waals surface area contributed by atoms with Gasteiger partial charge in [-0.25, -0.2) is 4.79 Å². The van der Waals surface area contributed by atoms with Crippen molar-refractivity contribution in [2.24, 2.45) is 4.40 Å². The van der Waals surface area contributed by atoms with Gasteiger partial charge >= 0.3 is 5.97 Å². The van der Waals surface area contributed by atoms with E-state index in [1.54, 1.807) is 12.1 Å². The SMILES string of the molecule is COC(=O)c1ccc(NC2=NS(=O)(=O)c3cc([N+](=O)[O-])ccc32)cc1. The molecule has 3 rings (SSSR count). The van der Waals surface area contributed by atoms with E-state index in [1.165, 1.54) is 31.4 Å². The molecule has 2 aromatic carbocycles. The number of methoxy groups -OCH3 is 1. The number of benzene rings is 2. The third kappa shape index (κ3) is 3.06. The second-order valence-corrected chi connectivity index (χ2v) is 6.62. The molecule has 0 saturated carbocycles. The molecule has 10 heteroatoms. The number of rotatable bonds is 3. The molecule has 0 fully saturated rings. The zero-order valence-electron chi connectivity index (χ0n) is 12.8. The number of fused-ring (bicyclic) bond motifs is 1. The summed E-state index contributed by atoms with van der Waals surface area (Å²) >= 11 is 0. The summed E-state index contributed by atoms with van der Waals surface area (Å²) in [7, 11) is -2.74. The Hall–Kier alpha value is -3.27. The molecule has 0 aromatic heterocycles. The first-order chi connectivity index (χ1) is 11.8. The minimum absolute atomic E-state index is 0.0516. The van der Waals surface area contributed by atoms with Crippen LogP contribution < -0.4 is 5.32 Å². The van der Waals surface area contributed by atoms with E-state index in [4.69, 9.17) is 0 Å². The Kier molecular flexibility index (Phi) is 3.97. The number of nitrogens with zero attached hydrogens (tertiary/aromatic N) is 2. The van der Waals surface area contributed by atoms with Gasteiger partial charge in [-0.1, -0.05) is 0 Å². The Bertz CT molecular complexity index is 1010. The van der Waals surface area contributed by atoms with Crippen LogP contribution in [-0.2, 0) is 14.8 Å². The van der Waals surface area contributed by atoms with Crippen molar-refractivity contribution < 1.29 is 22.9 Å². The van der Waals surface area contributed by atoms with Crippen LogP contribution in [0.25, 0.3) is 0 Å². The number of nitro groups is 1. The van der Waals surface area contributed by atoms with E-state index in [0.717, 1.165) is 6.07 Å². The normalized spacial score (nSPS) is 14.4. The number of nitro benzene ring substituents is 1. The lowest BCUT2D eigenvalue weighted by Gasteiger charge is -2.07. The van der Waals surface area contributed by atoms with Gasteiger partial charge in [0.1, 0.15) is 4.90 Å². The van der Waals surface area contributed by atoms with Crippen LogP contribution in [0.4, 0.5) is 11.4 Å². The number of non-ortho nitro benzene ring substituents is 1. The van der Waals surface area contributed by atoms with Crippen molar-refractivity contribution in [1.29, 1.82) is 0 Å². The third-order valence-electron chi connectivity index (χ3n) is 3.49. The van der Waals surface area contributed by atoms with Crippen molar-refractivity contribution >= 4 is 33.2 Å². The van der Waals surface area contributed by atoms with Gasteiger partial charge < -0.3 is 10.1 Å². The summed E-state index contributed by atoms with van der Waals surface area (Å²) in [6, 6.07) is 9.65. The van der Waals surface area contributed by atoms with E-state index in [1.807, 2.05) is 0 Å². The molecule has 1 aliphatic heterocycles. The first kappa shape index (κ1) is 16.6. The van der Waals surface area contributed by atoms with Gasteiger partial charge in [0, 0.05) is 23.4 Å². The van der Waals surface area contributed by atoms with Gasteiger partial charge in [0.05, 0.1) is 17.6 Å². The van der Waals surface area contributed by atoms with Gasteiger partial charge in [-0.3, -0.25) is 10.1 Å². The quantitative estimate of drug-likeness (QED) is 0.502. The van der Waals surface area contributed by atoms with Gasteiger partial charge in [0.15, 0.2) is 5.84 Å². The summed E-state index contributed by atoms with van der Waals surface area (Å²) in [5.74, 6) is -0.444. The van der Waals surface area contributed by atoms with Crippen LogP contribution >= 0.6 is 0 Å². The molecule has 128 valence electrons. The molecular formula is C15H11N3O6S. The summed E-state index contributed by atoms with van der Waals surface area (Å²) in [5.41, 5.74) is 0.738. The van der Waals surface area contributed by atoms with Gasteiger partial charge in [-0.2, -0.15) is 8.42 Å². The number of hydrogen-bond donors (Lipinski definition) is 1. The Morgan fingerprint density at radius 3 is 2.48 bits per heavy atom. The topological polar surface area (TPSA) is 128 Å². The van der Waals surface area contributed by atoms with Crippen LogP contribution in [-0.4, -0.2) is 32.3 Å². The zero-order valence-corrected chi connectivity index (χ0v) is 13.6. The molecule has 1 aliphatic rings. The Labute approximate surface area is 142 Å². The Morgan fingerprint density at radius 1 is 1.20 bits per heavy atom. The van der Waals surface area contributed by atoms with Crippen LogP contribution in [0.5, 0.6) is 0 Å². The summed E-state index contributed by atoms with van der Waals surface area (Å²) in [6.07, 6.45) is 0. The number of ether oxygens (including phenoxy) is 1. The molecule has 9 nitrogen and oxygen atoms in total. The summed E-state index contributed by atoms with van der Waals surface area (Å²) in [5, 5.41) is 13.7. The minimum atomic E-state index is -4.01. The van der Waals surface area contributed by atoms with E-state index in [-0.39, 0.29) is 22.0 Å². The molecule has 0 bridgehead atoms. The summed E-state index contributed by atoms with van der Waals surface area (Å²) < 4.78 is 32.4. The van der Waals surface area contributed by atoms with Gasteiger partial charge in [0.25, 0.3) is 15.7 Å². The highest BCUT2D eigenvalue weighted by molar-refractivity contribution is 7.90. The van der Waals surface area contributed by atoms with E-state index in [0.29, 0.717) is 11.3 Å². The van der Waals surface area contributed by atoms with Crippen molar-refractivity contribution in [2.45, 2.75) is 4.90 Å². The average molecular weight is 361 g/mol. The molecule has 0 unspecified atom stereocenters. The number of nitrogens with one attached hydrogen (secondary N) is 1. The molecular weight excluding hydrogens is 350 g/mol. The molecule has 1 heterocycles. The Balaban J connectivity index is 1.93. The summed E-state index contributed by atoms with van der Waals surface area (Å²) in [4.78, 5) is 21.3. The van der Waals surface area contributed by atoms with E-state index in [2.05, 4.69) is 14.5 Å². The van der Waals surface area contributed by atoms with E-state index in [9.17, 15) is 23.3 Å². The van der Waals surface area contributed by atoms with Crippen molar-refractivity contribution in [3.8, 4) is 0 Å². The number of esters is 1. The van der Waals surface area contributed by atoms with Gasteiger partial charge in [0.2, 0.25) is 0 Å². The van der Waals surface area contributed by atoms with E-state index < -0.39 is 20.9 Å². The summed E-state index contributed by atoms with van der Waals surface area (Å²) in [6.45, 7) is 0. The smallest absolute Gasteiger partial charge is 0.337 e. The fourth-order valence-corrected chi connectivity index (χ4v) is 3.48. The first-order valence-electron chi connectivity index (χ1n) is 6.91. The van der Waals surface area contributed by atoms with E-state index >= 15 is 0 Å². The zero-order chi connectivity index (χ0) is 18.2. The molecule has 2 aromatic rings. The van der Waals surface area contributed by atoms with Crippen LogP contribution in [0.1, 0.15) is 15.9 Å². The minimum Gasteiger partial charge on any atom is -0.465 e. The molecule has 0 saturated heterocycles. The van der Waals surface area contributed by atoms with Crippen molar-refractivity contribution in [1.82, 2.24) is 0 Å². The standard InChI is InChI=1S/C15H11N3O6S/c1-24-15(19)9-2-4-10(5-3-9)16-14-12-7-6-11(18(20)21)8-13(12)25(22,23)17-14/h2-8H,1H3,(H,16,17). The number of carbonyl (C=O) groups is 1. The lowest BCUT2D eigenvalue weighted by molar-refractivity contribution is -0.385. The van der Waals surface area contributed by atoms with Crippen LogP contribution in [0.3, 0.4) is 0 Å². The van der Waals surface area contributed by atoms with Crippen molar-refractivity contribution in [3.63, 3.8) is 0 Å². The lowest BCUT2D eigenvalue weighted by atomic mass is 10.1. The molecule has 1 N–H and O–H groups in total. The maximum atomic E-state index is 12.1. The van der Waals surface area contributed by atoms with Gasteiger partial charge in [-0.05, 0) is 30.3 Å². The lowest BCUT2D eigenvalue weighted by Crippen LogP contribution is -2.11. The highest BCUT2D eigenvalue weighted by Gasteiger charge is 2.31. The Morgan fingerprint density at radius 2 is 1.88 bits per heavy atom. The third-order valence-corrected chi connectivity index (χ3v) is 4.81. The molecule has 0 amide bonds. The van der Waals surface area contributed by atoms with Crippen molar-refractivity contribution in [3.05, 3.63) is 63.7 Å². The second kappa shape index (κ2) is 5.98. The maximum Gasteiger partial charge on any atom is 0.337 e. The fourth-order valence-electron chi connectivity index (χ4n) is 2.29. The van der Waals surface area contributed by atoms with Gasteiger partial charge in [-0.15, -0.1) is 4.40 Å². The predicted octanol–water partition coefficient (Wildman–Crippen LogP) is 1.94. The number of anilines is 1. The largest absolute Gasteiger partial charge is 0.465 e. The number of sulfonamides is 1. The maximum absolute atomic E-state index is 12.1. The highest BCUT2D eigenvalue weighted by Crippen LogP contribution is 2.30. The number of hydrogen-bond acceptors (Lipinski definition) is 7. The predicted molar refractivity (Wildman–Crippen MR) is 88.2 cm³/mol. The number of amidine groups is 1. The second-order valence-electron chi connectivity index (χ2n) is 5.05.